The average Bonchev–Trinajstić information content (AvgIpc) is 3.23. The molecule has 1 saturated heterocycles. The van der Waals surface area contributed by atoms with Crippen LogP contribution in [-0.4, -0.2) is 27.1 Å². The Balaban J connectivity index is 1.96. The topological polar surface area (TPSA) is 104 Å². The summed E-state index contributed by atoms with van der Waals surface area (Å²) >= 11 is 0. The van der Waals surface area contributed by atoms with Crippen molar-refractivity contribution in [1.29, 1.82) is 0 Å². The van der Waals surface area contributed by atoms with Crippen molar-refractivity contribution in [3.8, 4) is 5.75 Å². The van der Waals surface area contributed by atoms with Gasteiger partial charge in [-0.15, -0.1) is 0 Å². The maximum Gasteiger partial charge on any atom is 0.301 e. The minimum atomic E-state index is -0.961. The molecule has 0 saturated carbocycles. The number of aromatic hydroxyl groups is 1. The number of amides is 1. The number of carbonyl (C=O) groups excluding carboxylic acids is 2. The molecule has 1 amide bonds. The Morgan fingerprint density at radius 2 is 1.82 bits per heavy atom. The molecule has 1 aromatic heterocycles. The quantitative estimate of drug-likeness (QED) is 0.413. The summed E-state index contributed by atoms with van der Waals surface area (Å²) in [6.07, 6.45) is 0. The third-order valence-corrected chi connectivity index (χ3v) is 4.54. The summed E-state index contributed by atoms with van der Waals surface area (Å²) in [4.78, 5) is 26.8. The summed E-state index contributed by atoms with van der Waals surface area (Å²) in [5.41, 5.74) is 0.779. The second-order valence-corrected chi connectivity index (χ2v) is 6.43. The highest BCUT2D eigenvalue weighted by molar-refractivity contribution is 6.51. The molecule has 1 atom stereocenters. The standard InChI is InChI=1S/C21H16N2O5/c1-12-10-16(22-28-12)23-18(14-8-5-9-15(24)11-14)17(20(26)21(23)27)19(25)13-6-3-2-4-7-13/h2-11,18,24-25H,1H3/b19-17+/t18-/m0/s1. The number of aliphatic hydroxyl groups is 1. The van der Waals surface area contributed by atoms with Gasteiger partial charge < -0.3 is 14.7 Å². The Labute approximate surface area is 160 Å². The molecule has 7 nitrogen and oxygen atoms in total. The number of phenols is 1. The molecule has 0 radical (unpaired) electrons. The first-order valence-electron chi connectivity index (χ1n) is 8.56. The Hall–Kier alpha value is -3.87. The van der Waals surface area contributed by atoms with Crippen LogP contribution in [0.5, 0.6) is 5.75 Å². The van der Waals surface area contributed by atoms with E-state index in [0.717, 1.165) is 0 Å². The number of phenolic OH excluding ortho intramolecular Hbond substituents is 1. The molecule has 4 rings (SSSR count). The molecular weight excluding hydrogens is 360 g/mol. The molecule has 0 bridgehead atoms. The van der Waals surface area contributed by atoms with Gasteiger partial charge in [0.1, 0.15) is 17.3 Å². The lowest BCUT2D eigenvalue weighted by atomic mass is 9.95. The molecule has 2 heterocycles. The van der Waals surface area contributed by atoms with Crippen LogP contribution in [0.2, 0.25) is 0 Å². The number of hydrogen-bond acceptors (Lipinski definition) is 6. The maximum atomic E-state index is 12.8. The van der Waals surface area contributed by atoms with Crippen LogP contribution < -0.4 is 4.90 Å². The van der Waals surface area contributed by atoms with Crippen LogP contribution >= 0.6 is 0 Å². The van der Waals surface area contributed by atoms with Crippen LogP contribution in [0.1, 0.15) is 22.9 Å². The van der Waals surface area contributed by atoms with E-state index in [4.69, 9.17) is 4.52 Å². The van der Waals surface area contributed by atoms with Crippen LogP contribution in [-0.2, 0) is 9.59 Å². The number of rotatable bonds is 3. The summed E-state index contributed by atoms with van der Waals surface area (Å²) in [6, 6.07) is 15.2. The molecule has 0 aliphatic carbocycles. The van der Waals surface area contributed by atoms with Gasteiger partial charge in [0.25, 0.3) is 5.78 Å². The van der Waals surface area contributed by atoms with E-state index >= 15 is 0 Å². The summed E-state index contributed by atoms with van der Waals surface area (Å²) in [6.45, 7) is 1.67. The Morgan fingerprint density at radius 1 is 1.07 bits per heavy atom. The highest BCUT2D eigenvalue weighted by Crippen LogP contribution is 2.42. The summed E-state index contributed by atoms with van der Waals surface area (Å²) in [5, 5.41) is 24.6. The Bertz CT molecular complexity index is 1100. The van der Waals surface area contributed by atoms with E-state index in [1.54, 1.807) is 49.4 Å². The molecule has 1 aliphatic rings. The molecule has 7 heteroatoms. The highest BCUT2D eigenvalue weighted by Gasteiger charge is 2.48. The van der Waals surface area contributed by atoms with E-state index in [2.05, 4.69) is 5.16 Å². The number of ketones is 1. The summed E-state index contributed by atoms with van der Waals surface area (Å²) in [5.74, 6) is -1.38. The van der Waals surface area contributed by atoms with Gasteiger partial charge in [0, 0.05) is 11.6 Å². The third kappa shape index (κ3) is 2.83. The van der Waals surface area contributed by atoms with Crippen LogP contribution in [0.3, 0.4) is 0 Å². The second-order valence-electron chi connectivity index (χ2n) is 6.43. The van der Waals surface area contributed by atoms with Crippen LogP contribution in [0, 0.1) is 6.92 Å². The number of Topliss-reactive ketones (excluding diaryl/α,β-unsaturated/α-hetero) is 1. The van der Waals surface area contributed by atoms with Crippen LogP contribution in [0.15, 0.2) is 70.8 Å². The van der Waals surface area contributed by atoms with Crippen molar-refractivity contribution in [3.05, 3.63) is 83.1 Å². The van der Waals surface area contributed by atoms with Crippen molar-refractivity contribution >= 4 is 23.3 Å². The van der Waals surface area contributed by atoms with Crippen molar-refractivity contribution in [1.82, 2.24) is 5.16 Å². The monoisotopic (exact) mass is 376 g/mol. The Kier molecular flexibility index (Phi) is 4.19. The first kappa shape index (κ1) is 17.5. The number of carbonyl (C=O) groups is 2. The molecule has 2 N–H and O–H groups in total. The smallest absolute Gasteiger partial charge is 0.301 e. The third-order valence-electron chi connectivity index (χ3n) is 4.54. The first-order valence-corrected chi connectivity index (χ1v) is 8.56. The molecule has 140 valence electrons. The lowest BCUT2D eigenvalue weighted by Gasteiger charge is -2.22. The molecule has 28 heavy (non-hydrogen) atoms. The van der Waals surface area contributed by atoms with Gasteiger partial charge in [-0.05, 0) is 24.6 Å². The van der Waals surface area contributed by atoms with Crippen molar-refractivity contribution < 1.29 is 24.3 Å². The number of nitrogens with zero attached hydrogens (tertiary/aromatic N) is 2. The largest absolute Gasteiger partial charge is 0.508 e. The van der Waals surface area contributed by atoms with Crippen LogP contribution in [0.4, 0.5) is 5.82 Å². The SMILES string of the molecule is Cc1cc(N2C(=O)C(=O)/C(=C(/O)c3ccccc3)[C@@H]2c2cccc(O)c2)no1. The molecule has 3 aromatic rings. The first-order chi connectivity index (χ1) is 13.5. The number of benzene rings is 2. The molecule has 0 spiro atoms. The lowest BCUT2D eigenvalue weighted by Crippen LogP contribution is -2.29. The minimum Gasteiger partial charge on any atom is -0.508 e. The van der Waals surface area contributed by atoms with Gasteiger partial charge >= 0.3 is 5.91 Å². The van der Waals surface area contributed by atoms with Gasteiger partial charge in [0.2, 0.25) is 0 Å². The zero-order chi connectivity index (χ0) is 19.8. The van der Waals surface area contributed by atoms with E-state index in [-0.39, 0.29) is 22.9 Å². The fourth-order valence-electron chi connectivity index (χ4n) is 3.30. The Morgan fingerprint density at radius 3 is 2.46 bits per heavy atom. The summed E-state index contributed by atoms with van der Waals surface area (Å²) < 4.78 is 5.07. The van der Waals surface area contributed by atoms with Gasteiger partial charge in [-0.2, -0.15) is 0 Å². The minimum absolute atomic E-state index is 0.0286. The molecule has 2 aromatic carbocycles. The van der Waals surface area contributed by atoms with Crippen molar-refractivity contribution in [2.45, 2.75) is 13.0 Å². The zero-order valence-corrected chi connectivity index (χ0v) is 14.9. The number of aromatic nitrogens is 1. The van der Waals surface area contributed by atoms with E-state index in [0.29, 0.717) is 16.9 Å². The second kappa shape index (κ2) is 6.70. The summed E-state index contributed by atoms with van der Waals surface area (Å²) in [7, 11) is 0. The number of hydrogen-bond donors (Lipinski definition) is 2. The van der Waals surface area contributed by atoms with Crippen LogP contribution in [0.25, 0.3) is 5.76 Å². The number of anilines is 1. The zero-order valence-electron chi connectivity index (χ0n) is 14.9. The average molecular weight is 376 g/mol. The van der Waals surface area contributed by atoms with Gasteiger partial charge in [0.15, 0.2) is 5.82 Å². The fourth-order valence-corrected chi connectivity index (χ4v) is 3.30. The highest BCUT2D eigenvalue weighted by atomic mass is 16.5. The van der Waals surface area contributed by atoms with Crippen molar-refractivity contribution in [2.75, 3.05) is 4.90 Å². The van der Waals surface area contributed by atoms with Crippen molar-refractivity contribution in [3.63, 3.8) is 0 Å². The lowest BCUT2D eigenvalue weighted by molar-refractivity contribution is -0.132. The van der Waals surface area contributed by atoms with Gasteiger partial charge in [0.05, 0.1) is 11.6 Å². The fraction of sp³-hybridized carbons (Fsp3) is 0.0952. The van der Waals surface area contributed by atoms with Gasteiger partial charge in [-0.25, -0.2) is 0 Å². The van der Waals surface area contributed by atoms with Crippen molar-refractivity contribution in [2.24, 2.45) is 0 Å². The predicted molar refractivity (Wildman–Crippen MR) is 101 cm³/mol. The molecule has 0 unspecified atom stereocenters. The maximum absolute atomic E-state index is 12.8. The number of aliphatic hydroxyl groups excluding tert-OH is 1. The van der Waals surface area contributed by atoms with E-state index < -0.39 is 17.7 Å². The van der Waals surface area contributed by atoms with E-state index in [1.165, 1.54) is 23.1 Å². The van der Waals surface area contributed by atoms with Gasteiger partial charge in [-0.3, -0.25) is 14.5 Å². The molecule has 1 fully saturated rings. The van der Waals surface area contributed by atoms with E-state index in [9.17, 15) is 19.8 Å². The molecular formula is C21H16N2O5. The predicted octanol–water partition coefficient (Wildman–Crippen LogP) is 3.31. The van der Waals surface area contributed by atoms with Gasteiger partial charge in [-0.1, -0.05) is 47.6 Å². The number of aryl methyl sites for hydroxylation is 1. The molecule has 1 aliphatic heterocycles. The van der Waals surface area contributed by atoms with E-state index in [1.807, 2.05) is 0 Å². The normalized spacial score (nSPS) is 18.6.